The standard InChI is InChI=1S/C16H23BO3/c1-15(2)16(3,4)20-17(19-15)13-9-7-12(8-10-13)14-6-5-11-18-14/h7-10,14H,5-6,11H2,1-4H3. The summed E-state index contributed by atoms with van der Waals surface area (Å²) in [7, 11) is -0.279. The summed E-state index contributed by atoms with van der Waals surface area (Å²) in [4.78, 5) is 0. The Hall–Kier alpha value is -0.835. The molecule has 0 saturated carbocycles. The van der Waals surface area contributed by atoms with Crippen molar-refractivity contribution in [1.29, 1.82) is 0 Å². The molecule has 3 nitrogen and oxygen atoms in total. The molecule has 4 heteroatoms. The second kappa shape index (κ2) is 4.87. The van der Waals surface area contributed by atoms with Crippen LogP contribution in [0.3, 0.4) is 0 Å². The summed E-state index contributed by atoms with van der Waals surface area (Å²) in [6, 6.07) is 8.46. The molecule has 0 spiro atoms. The van der Waals surface area contributed by atoms with E-state index in [1.807, 2.05) is 0 Å². The molecule has 0 aromatic heterocycles. The van der Waals surface area contributed by atoms with Gasteiger partial charge < -0.3 is 14.0 Å². The van der Waals surface area contributed by atoms with E-state index in [1.165, 1.54) is 5.56 Å². The Morgan fingerprint density at radius 1 is 1.00 bits per heavy atom. The fraction of sp³-hybridized carbons (Fsp3) is 0.625. The molecule has 1 aromatic carbocycles. The van der Waals surface area contributed by atoms with Crippen molar-refractivity contribution in [2.45, 2.75) is 57.8 Å². The zero-order valence-corrected chi connectivity index (χ0v) is 12.8. The molecule has 0 amide bonds. The van der Waals surface area contributed by atoms with E-state index in [1.54, 1.807) is 0 Å². The minimum atomic E-state index is -0.287. The Labute approximate surface area is 121 Å². The van der Waals surface area contributed by atoms with Crippen LogP contribution in [0, 0.1) is 0 Å². The lowest BCUT2D eigenvalue weighted by Gasteiger charge is -2.32. The third-order valence-electron chi connectivity index (χ3n) is 4.76. The number of hydrogen-bond donors (Lipinski definition) is 0. The van der Waals surface area contributed by atoms with Crippen LogP contribution in [0.25, 0.3) is 0 Å². The first-order valence-electron chi connectivity index (χ1n) is 7.46. The van der Waals surface area contributed by atoms with Crippen LogP contribution < -0.4 is 5.46 Å². The molecule has 3 rings (SSSR count). The van der Waals surface area contributed by atoms with Crippen molar-refractivity contribution in [2.24, 2.45) is 0 Å². The van der Waals surface area contributed by atoms with Crippen molar-refractivity contribution >= 4 is 12.6 Å². The van der Waals surface area contributed by atoms with Gasteiger partial charge in [-0.2, -0.15) is 0 Å². The molecule has 0 N–H and O–H groups in total. The van der Waals surface area contributed by atoms with Gasteiger partial charge in [-0.1, -0.05) is 24.3 Å². The Kier molecular flexibility index (Phi) is 3.43. The van der Waals surface area contributed by atoms with E-state index < -0.39 is 0 Å². The van der Waals surface area contributed by atoms with E-state index in [9.17, 15) is 0 Å². The van der Waals surface area contributed by atoms with Gasteiger partial charge in [0.2, 0.25) is 0 Å². The van der Waals surface area contributed by atoms with Crippen molar-refractivity contribution in [1.82, 2.24) is 0 Å². The molecule has 1 aromatic rings. The molecule has 0 aliphatic carbocycles. The maximum atomic E-state index is 6.06. The van der Waals surface area contributed by atoms with Crippen LogP contribution in [0.4, 0.5) is 0 Å². The molecule has 1 atom stereocenters. The molecule has 2 saturated heterocycles. The van der Waals surface area contributed by atoms with Crippen LogP contribution in [0.5, 0.6) is 0 Å². The predicted molar refractivity (Wildman–Crippen MR) is 80.1 cm³/mol. The normalized spacial score (nSPS) is 28.0. The summed E-state index contributed by atoms with van der Waals surface area (Å²) in [6.45, 7) is 9.19. The number of rotatable bonds is 2. The Morgan fingerprint density at radius 2 is 1.60 bits per heavy atom. The highest BCUT2D eigenvalue weighted by Crippen LogP contribution is 2.36. The van der Waals surface area contributed by atoms with Gasteiger partial charge in [0.05, 0.1) is 17.3 Å². The van der Waals surface area contributed by atoms with Gasteiger partial charge in [-0.05, 0) is 51.6 Å². The molecule has 108 valence electrons. The molecule has 2 aliphatic rings. The van der Waals surface area contributed by atoms with Crippen molar-refractivity contribution in [3.05, 3.63) is 29.8 Å². The molecule has 20 heavy (non-hydrogen) atoms. The number of ether oxygens (including phenoxy) is 1. The van der Waals surface area contributed by atoms with Crippen molar-refractivity contribution in [3.8, 4) is 0 Å². The predicted octanol–water partition coefficient (Wildman–Crippen LogP) is 2.84. The number of hydrogen-bond acceptors (Lipinski definition) is 3. The molecular formula is C16H23BO3. The van der Waals surface area contributed by atoms with Gasteiger partial charge in [0.1, 0.15) is 0 Å². The first-order valence-corrected chi connectivity index (χ1v) is 7.46. The van der Waals surface area contributed by atoms with Crippen LogP contribution in [-0.4, -0.2) is 24.9 Å². The van der Waals surface area contributed by atoms with Gasteiger partial charge in [-0.3, -0.25) is 0 Å². The summed E-state index contributed by atoms with van der Waals surface area (Å²) in [5.74, 6) is 0. The summed E-state index contributed by atoms with van der Waals surface area (Å²) in [5.41, 5.74) is 1.75. The quantitative estimate of drug-likeness (QED) is 0.776. The monoisotopic (exact) mass is 274 g/mol. The summed E-state index contributed by atoms with van der Waals surface area (Å²) >= 11 is 0. The van der Waals surface area contributed by atoms with E-state index in [4.69, 9.17) is 14.0 Å². The first kappa shape index (κ1) is 14.1. The highest BCUT2D eigenvalue weighted by molar-refractivity contribution is 6.62. The number of benzene rings is 1. The first-order chi connectivity index (χ1) is 9.39. The largest absolute Gasteiger partial charge is 0.494 e. The fourth-order valence-electron chi connectivity index (χ4n) is 2.69. The lowest BCUT2D eigenvalue weighted by atomic mass is 9.78. The van der Waals surface area contributed by atoms with Gasteiger partial charge in [0, 0.05) is 6.61 Å². The second-order valence-electron chi connectivity index (χ2n) is 6.76. The van der Waals surface area contributed by atoms with Crippen molar-refractivity contribution in [2.75, 3.05) is 6.61 Å². The summed E-state index contributed by atoms with van der Waals surface area (Å²) < 4.78 is 17.8. The maximum absolute atomic E-state index is 6.06. The molecule has 2 fully saturated rings. The minimum Gasteiger partial charge on any atom is -0.399 e. The summed E-state index contributed by atoms with van der Waals surface area (Å²) in [5, 5.41) is 0. The zero-order chi connectivity index (χ0) is 14.4. The van der Waals surface area contributed by atoms with E-state index >= 15 is 0 Å². The SMILES string of the molecule is CC1(C)OB(c2ccc(C3CCCO3)cc2)OC1(C)C. The third kappa shape index (κ3) is 2.41. The van der Waals surface area contributed by atoms with E-state index in [0.29, 0.717) is 0 Å². The van der Waals surface area contributed by atoms with Crippen LogP contribution in [0.15, 0.2) is 24.3 Å². The molecule has 0 bridgehead atoms. The Bertz CT molecular complexity index is 459. The van der Waals surface area contributed by atoms with Crippen LogP contribution in [0.2, 0.25) is 0 Å². The van der Waals surface area contributed by atoms with E-state index in [0.717, 1.165) is 24.9 Å². The van der Waals surface area contributed by atoms with Gasteiger partial charge >= 0.3 is 7.12 Å². The van der Waals surface area contributed by atoms with E-state index in [2.05, 4.69) is 52.0 Å². The second-order valence-corrected chi connectivity index (χ2v) is 6.76. The van der Waals surface area contributed by atoms with Gasteiger partial charge in [0.25, 0.3) is 0 Å². The molecule has 1 unspecified atom stereocenters. The average molecular weight is 274 g/mol. The van der Waals surface area contributed by atoms with Crippen molar-refractivity contribution < 1.29 is 14.0 Å². The van der Waals surface area contributed by atoms with Gasteiger partial charge in [0.15, 0.2) is 0 Å². The highest BCUT2D eigenvalue weighted by Gasteiger charge is 2.51. The zero-order valence-electron chi connectivity index (χ0n) is 12.8. The Morgan fingerprint density at radius 3 is 2.10 bits per heavy atom. The van der Waals surface area contributed by atoms with E-state index in [-0.39, 0.29) is 24.4 Å². The van der Waals surface area contributed by atoms with Gasteiger partial charge in [-0.25, -0.2) is 0 Å². The molecule has 0 radical (unpaired) electrons. The summed E-state index contributed by atoms with van der Waals surface area (Å²) in [6.07, 6.45) is 2.54. The average Bonchev–Trinajstić information content (AvgIpc) is 2.97. The highest BCUT2D eigenvalue weighted by atomic mass is 16.7. The lowest BCUT2D eigenvalue weighted by molar-refractivity contribution is 0.00578. The van der Waals surface area contributed by atoms with Crippen LogP contribution in [0.1, 0.15) is 52.2 Å². The molecule has 2 aliphatic heterocycles. The molecular weight excluding hydrogens is 251 g/mol. The van der Waals surface area contributed by atoms with Crippen molar-refractivity contribution in [3.63, 3.8) is 0 Å². The minimum absolute atomic E-state index is 0.266. The third-order valence-corrected chi connectivity index (χ3v) is 4.76. The fourth-order valence-corrected chi connectivity index (χ4v) is 2.69. The van der Waals surface area contributed by atoms with Crippen LogP contribution in [-0.2, 0) is 14.0 Å². The smallest absolute Gasteiger partial charge is 0.399 e. The lowest BCUT2D eigenvalue weighted by Crippen LogP contribution is -2.41. The maximum Gasteiger partial charge on any atom is 0.494 e. The van der Waals surface area contributed by atoms with Crippen LogP contribution >= 0.6 is 0 Å². The Balaban J connectivity index is 1.75. The van der Waals surface area contributed by atoms with Gasteiger partial charge in [-0.15, -0.1) is 0 Å². The molecule has 2 heterocycles. The topological polar surface area (TPSA) is 27.7 Å².